The van der Waals surface area contributed by atoms with Crippen molar-refractivity contribution in [3.63, 3.8) is 0 Å². The Morgan fingerprint density at radius 1 is 1.10 bits per heavy atom. The Labute approximate surface area is 183 Å². The summed E-state index contributed by atoms with van der Waals surface area (Å²) in [6, 6.07) is 17.3. The Bertz CT molecular complexity index is 1240. The molecule has 7 nitrogen and oxygen atoms in total. The largest absolute Gasteiger partial charge is 0.391 e. The molecule has 8 heteroatoms. The fraction of sp³-hybridized carbons (Fsp3) is 0.174. The number of hydrogen-bond donors (Lipinski definition) is 2. The molecule has 0 radical (unpaired) electrons. The van der Waals surface area contributed by atoms with E-state index >= 15 is 0 Å². The molecule has 31 heavy (non-hydrogen) atoms. The van der Waals surface area contributed by atoms with E-state index in [1.807, 2.05) is 65.4 Å². The lowest BCUT2D eigenvalue weighted by Crippen LogP contribution is -2.33. The summed E-state index contributed by atoms with van der Waals surface area (Å²) in [5.74, 6) is 0. The number of rotatable bonds is 3. The van der Waals surface area contributed by atoms with Gasteiger partial charge in [-0.2, -0.15) is 0 Å². The molecule has 0 bridgehead atoms. The number of nitrogens with zero attached hydrogens (tertiary/aromatic N) is 4. The number of hydrogen-bond acceptors (Lipinski definition) is 4. The lowest BCUT2D eigenvalue weighted by atomic mass is 10.1. The molecule has 0 unspecified atom stereocenters. The van der Waals surface area contributed by atoms with Crippen molar-refractivity contribution in [1.82, 2.24) is 19.4 Å². The fourth-order valence-corrected chi connectivity index (χ4v) is 4.12. The lowest BCUT2D eigenvalue weighted by molar-refractivity contribution is 0.176. The van der Waals surface area contributed by atoms with Crippen molar-refractivity contribution in [3.05, 3.63) is 72.3 Å². The number of aliphatic hydroxyl groups is 1. The highest BCUT2D eigenvalue weighted by atomic mass is 35.5. The summed E-state index contributed by atoms with van der Waals surface area (Å²) in [6.07, 6.45) is 3.63. The van der Waals surface area contributed by atoms with E-state index < -0.39 is 6.10 Å². The van der Waals surface area contributed by atoms with Crippen LogP contribution in [0.5, 0.6) is 0 Å². The first kappa shape index (κ1) is 19.5. The summed E-state index contributed by atoms with van der Waals surface area (Å²) in [5.41, 5.74) is 4.23. The maximum atomic E-state index is 12.4. The van der Waals surface area contributed by atoms with E-state index in [9.17, 15) is 9.90 Å². The van der Waals surface area contributed by atoms with Crippen LogP contribution in [-0.2, 0) is 0 Å². The summed E-state index contributed by atoms with van der Waals surface area (Å²) in [6.45, 7) is 0.921. The van der Waals surface area contributed by atoms with Crippen LogP contribution < -0.4 is 5.32 Å². The summed E-state index contributed by atoms with van der Waals surface area (Å²) >= 11 is 6.45. The van der Waals surface area contributed by atoms with Gasteiger partial charge in [-0.05, 0) is 36.2 Å². The minimum absolute atomic E-state index is 0.207. The molecular formula is C23H20ClN5O2. The molecule has 0 saturated carbocycles. The Hall–Kier alpha value is -3.42. The molecule has 4 aromatic rings. The van der Waals surface area contributed by atoms with E-state index in [4.69, 9.17) is 11.6 Å². The maximum Gasteiger partial charge on any atom is 0.321 e. The first-order chi connectivity index (χ1) is 15.1. The molecule has 0 spiro atoms. The number of aliphatic hydroxyl groups excluding tert-OH is 1. The number of benzene rings is 2. The topological polar surface area (TPSA) is 83.3 Å². The highest BCUT2D eigenvalue weighted by Crippen LogP contribution is 2.35. The van der Waals surface area contributed by atoms with Gasteiger partial charge in [-0.25, -0.2) is 14.8 Å². The third-order valence-electron chi connectivity index (χ3n) is 5.47. The van der Waals surface area contributed by atoms with Crippen molar-refractivity contribution < 1.29 is 9.90 Å². The van der Waals surface area contributed by atoms with Crippen LogP contribution in [0.15, 0.2) is 67.1 Å². The molecular weight excluding hydrogens is 414 g/mol. The minimum Gasteiger partial charge on any atom is -0.391 e. The fourth-order valence-electron chi connectivity index (χ4n) is 3.89. The zero-order valence-corrected chi connectivity index (χ0v) is 17.3. The van der Waals surface area contributed by atoms with Crippen molar-refractivity contribution in [3.8, 4) is 16.8 Å². The van der Waals surface area contributed by atoms with Gasteiger partial charge < -0.3 is 19.9 Å². The molecule has 2 amide bonds. The molecule has 2 aromatic carbocycles. The summed E-state index contributed by atoms with van der Waals surface area (Å²) < 4.78 is 1.99. The summed E-state index contributed by atoms with van der Waals surface area (Å²) in [4.78, 5) is 22.6. The first-order valence-corrected chi connectivity index (χ1v) is 10.4. The summed E-state index contributed by atoms with van der Waals surface area (Å²) in [7, 11) is 0. The molecule has 2 N–H and O–H groups in total. The molecule has 1 aliphatic rings. The average Bonchev–Trinajstić information content (AvgIpc) is 3.40. The highest BCUT2D eigenvalue weighted by Gasteiger charge is 2.24. The van der Waals surface area contributed by atoms with Crippen molar-refractivity contribution >= 4 is 34.4 Å². The third-order valence-corrected chi connectivity index (χ3v) is 5.76. The van der Waals surface area contributed by atoms with Gasteiger partial charge >= 0.3 is 6.03 Å². The average molecular weight is 434 g/mol. The number of halogens is 1. The van der Waals surface area contributed by atoms with Gasteiger partial charge in [-0.3, -0.25) is 0 Å². The number of fused-ring (bicyclic) bond motifs is 1. The number of amides is 2. The Morgan fingerprint density at radius 2 is 1.87 bits per heavy atom. The van der Waals surface area contributed by atoms with Gasteiger partial charge in [0.1, 0.15) is 17.1 Å². The van der Waals surface area contributed by atoms with Gasteiger partial charge in [0.05, 0.1) is 11.5 Å². The number of carbonyl (C=O) groups is 1. The number of β-amino-alcohol motifs (C(OH)–C–C–N with tert-alkyl or cyclic N) is 1. The van der Waals surface area contributed by atoms with Gasteiger partial charge in [0.2, 0.25) is 0 Å². The zero-order chi connectivity index (χ0) is 21.4. The van der Waals surface area contributed by atoms with Gasteiger partial charge in [0.25, 0.3) is 0 Å². The van der Waals surface area contributed by atoms with E-state index in [0.29, 0.717) is 30.4 Å². The molecule has 1 fully saturated rings. The normalized spacial score (nSPS) is 16.1. The second kappa shape index (κ2) is 8.02. The van der Waals surface area contributed by atoms with Crippen molar-refractivity contribution in [2.24, 2.45) is 0 Å². The van der Waals surface area contributed by atoms with E-state index in [-0.39, 0.29) is 6.03 Å². The quantitative estimate of drug-likeness (QED) is 0.471. The number of nitrogens with one attached hydrogen (secondary N) is 1. The van der Waals surface area contributed by atoms with E-state index in [1.54, 1.807) is 4.90 Å². The van der Waals surface area contributed by atoms with Crippen LogP contribution in [0.2, 0.25) is 5.15 Å². The van der Waals surface area contributed by atoms with Crippen molar-refractivity contribution in [1.29, 1.82) is 0 Å². The Kier molecular flexibility index (Phi) is 5.05. The standard InChI is InChI=1S/C23H20ClN5O2/c24-21-20-19(13-29(22(20)26-14-25-21)17-4-2-1-3-5-17)15-6-8-16(9-7-15)27-23(31)28-11-10-18(30)12-28/h1-9,13-14,18,30H,10-12H2,(H,27,31)/t18-/m1/s1. The van der Waals surface area contributed by atoms with E-state index in [0.717, 1.165) is 27.8 Å². The Balaban J connectivity index is 1.48. The summed E-state index contributed by atoms with van der Waals surface area (Å²) in [5, 5.41) is 13.7. The lowest BCUT2D eigenvalue weighted by Gasteiger charge is -2.16. The number of para-hydroxylation sites is 1. The molecule has 2 aromatic heterocycles. The molecule has 3 heterocycles. The van der Waals surface area contributed by atoms with Gasteiger partial charge in [0, 0.05) is 36.2 Å². The number of anilines is 1. The molecule has 0 aliphatic carbocycles. The number of carbonyl (C=O) groups excluding carboxylic acids is 1. The molecule has 1 saturated heterocycles. The first-order valence-electron chi connectivity index (χ1n) is 10.0. The number of urea groups is 1. The second-order valence-electron chi connectivity index (χ2n) is 7.51. The highest BCUT2D eigenvalue weighted by molar-refractivity contribution is 6.35. The molecule has 1 aliphatic heterocycles. The molecule has 1 atom stereocenters. The minimum atomic E-state index is -0.443. The van der Waals surface area contributed by atoms with Crippen LogP contribution >= 0.6 is 11.6 Å². The van der Waals surface area contributed by atoms with Crippen LogP contribution in [0.3, 0.4) is 0 Å². The predicted octanol–water partition coefficient (Wildman–Crippen LogP) is 4.34. The SMILES string of the molecule is O=C(Nc1ccc(-c2cn(-c3ccccc3)c3ncnc(Cl)c23)cc1)N1CC[C@@H](O)C1. The van der Waals surface area contributed by atoms with Crippen LogP contribution in [-0.4, -0.2) is 49.8 Å². The van der Waals surface area contributed by atoms with Gasteiger partial charge in [-0.15, -0.1) is 0 Å². The number of aromatic nitrogens is 3. The van der Waals surface area contributed by atoms with Crippen molar-refractivity contribution in [2.45, 2.75) is 12.5 Å². The Morgan fingerprint density at radius 3 is 2.58 bits per heavy atom. The molecule has 5 rings (SSSR count). The van der Waals surface area contributed by atoms with Gasteiger partial charge in [-0.1, -0.05) is 41.9 Å². The third kappa shape index (κ3) is 3.73. The van der Waals surface area contributed by atoms with Crippen LogP contribution in [0.4, 0.5) is 10.5 Å². The van der Waals surface area contributed by atoms with Crippen LogP contribution in [0.25, 0.3) is 27.8 Å². The number of likely N-dealkylation sites (tertiary alicyclic amines) is 1. The second-order valence-corrected chi connectivity index (χ2v) is 7.87. The monoisotopic (exact) mass is 433 g/mol. The van der Waals surface area contributed by atoms with Crippen LogP contribution in [0, 0.1) is 0 Å². The van der Waals surface area contributed by atoms with E-state index in [2.05, 4.69) is 15.3 Å². The zero-order valence-electron chi connectivity index (χ0n) is 16.6. The van der Waals surface area contributed by atoms with Crippen LogP contribution in [0.1, 0.15) is 6.42 Å². The van der Waals surface area contributed by atoms with Gasteiger partial charge in [0.15, 0.2) is 0 Å². The maximum absolute atomic E-state index is 12.4. The smallest absolute Gasteiger partial charge is 0.321 e. The molecule has 156 valence electrons. The van der Waals surface area contributed by atoms with E-state index in [1.165, 1.54) is 6.33 Å². The predicted molar refractivity (Wildman–Crippen MR) is 121 cm³/mol. The van der Waals surface area contributed by atoms with Crippen molar-refractivity contribution in [2.75, 3.05) is 18.4 Å².